The summed E-state index contributed by atoms with van der Waals surface area (Å²) in [5, 5.41) is 5.81. The Balaban J connectivity index is 2.21. The second-order valence-corrected chi connectivity index (χ2v) is 7.13. The van der Waals surface area contributed by atoms with Crippen LogP contribution in [0.25, 0.3) is 0 Å². The van der Waals surface area contributed by atoms with Crippen LogP contribution in [0.4, 0.5) is 0 Å². The number of H-pyrrole nitrogens is 1. The van der Waals surface area contributed by atoms with Crippen LogP contribution in [0.15, 0.2) is 15.3 Å². The van der Waals surface area contributed by atoms with Gasteiger partial charge in [-0.05, 0) is 34.8 Å². The van der Waals surface area contributed by atoms with Crippen molar-refractivity contribution in [3.63, 3.8) is 0 Å². The van der Waals surface area contributed by atoms with Gasteiger partial charge < -0.3 is 0 Å². The highest BCUT2D eigenvalue weighted by Crippen LogP contribution is 2.23. The Morgan fingerprint density at radius 3 is 2.88 bits per heavy atom. The maximum atomic E-state index is 11.6. The van der Waals surface area contributed by atoms with Crippen LogP contribution in [0, 0.1) is 0 Å². The molecule has 0 aliphatic carbocycles. The molecule has 1 aliphatic rings. The van der Waals surface area contributed by atoms with Crippen molar-refractivity contribution in [1.82, 2.24) is 10.2 Å². The molecule has 1 aromatic rings. The average molecular weight is 307 g/mol. The van der Waals surface area contributed by atoms with Gasteiger partial charge in [0.2, 0.25) is 0 Å². The molecule has 88 valence electrons. The molecule has 1 N–H and O–H groups in total. The Hall–Kier alpha value is -0.690. The van der Waals surface area contributed by atoms with Crippen molar-refractivity contribution in [3.8, 4) is 0 Å². The van der Waals surface area contributed by atoms with Gasteiger partial charge in [0.05, 0.1) is 21.2 Å². The number of hydrogen-bond acceptors (Lipinski definition) is 4. The number of rotatable bonds is 2. The van der Waals surface area contributed by atoms with Crippen molar-refractivity contribution in [3.05, 3.63) is 26.6 Å². The van der Waals surface area contributed by atoms with Crippen molar-refractivity contribution in [2.75, 3.05) is 5.75 Å². The van der Waals surface area contributed by atoms with Crippen molar-refractivity contribution in [1.29, 1.82) is 0 Å². The van der Waals surface area contributed by atoms with E-state index in [9.17, 15) is 13.2 Å². The molecule has 1 saturated heterocycles. The second-order valence-electron chi connectivity index (χ2n) is 3.87. The van der Waals surface area contributed by atoms with Crippen LogP contribution in [-0.4, -0.2) is 29.6 Å². The lowest BCUT2D eigenvalue weighted by atomic mass is 10.1. The minimum absolute atomic E-state index is 0.266. The Morgan fingerprint density at radius 2 is 2.31 bits per heavy atom. The summed E-state index contributed by atoms with van der Waals surface area (Å²) in [6.45, 7) is 0. The summed E-state index contributed by atoms with van der Waals surface area (Å²) in [5.41, 5.74) is 0.292. The van der Waals surface area contributed by atoms with Gasteiger partial charge in [0, 0.05) is 6.42 Å². The van der Waals surface area contributed by atoms with Crippen molar-refractivity contribution >= 4 is 25.8 Å². The predicted octanol–water partition coefficient (Wildman–Crippen LogP) is 0.652. The number of nitrogens with zero attached hydrogens (tertiary/aromatic N) is 1. The Kier molecular flexibility index (Phi) is 3.16. The first-order valence-corrected chi connectivity index (χ1v) is 7.45. The monoisotopic (exact) mass is 306 g/mol. The first-order chi connectivity index (χ1) is 7.49. The van der Waals surface area contributed by atoms with Crippen molar-refractivity contribution < 1.29 is 8.42 Å². The molecule has 0 amide bonds. The van der Waals surface area contributed by atoms with Crippen LogP contribution in [-0.2, 0) is 16.3 Å². The number of sulfone groups is 1. The minimum Gasteiger partial charge on any atom is -0.267 e. The molecule has 1 fully saturated rings. The Bertz CT molecular complexity index is 552. The van der Waals surface area contributed by atoms with Gasteiger partial charge in [0.1, 0.15) is 0 Å². The van der Waals surface area contributed by atoms with Gasteiger partial charge in [0.15, 0.2) is 9.84 Å². The first-order valence-electron chi connectivity index (χ1n) is 4.95. The van der Waals surface area contributed by atoms with Crippen LogP contribution < -0.4 is 5.56 Å². The van der Waals surface area contributed by atoms with E-state index in [-0.39, 0.29) is 16.6 Å². The third kappa shape index (κ3) is 2.35. The zero-order valence-electron chi connectivity index (χ0n) is 8.44. The maximum absolute atomic E-state index is 11.6. The minimum atomic E-state index is -2.96. The molecular weight excluding hydrogens is 296 g/mol. The average Bonchev–Trinajstić information content (AvgIpc) is 2.52. The summed E-state index contributed by atoms with van der Waals surface area (Å²) >= 11 is 3.09. The van der Waals surface area contributed by atoms with E-state index in [4.69, 9.17) is 0 Å². The lowest BCUT2D eigenvalue weighted by molar-refractivity contribution is 0.586. The first kappa shape index (κ1) is 11.8. The van der Waals surface area contributed by atoms with Crippen LogP contribution in [0.3, 0.4) is 0 Å². The molecule has 1 aromatic heterocycles. The van der Waals surface area contributed by atoms with Gasteiger partial charge in [-0.1, -0.05) is 0 Å². The van der Waals surface area contributed by atoms with Crippen LogP contribution in [0.2, 0.25) is 0 Å². The van der Waals surface area contributed by atoms with E-state index in [0.717, 1.165) is 6.42 Å². The molecule has 2 rings (SSSR count). The number of aromatic nitrogens is 2. The van der Waals surface area contributed by atoms with Gasteiger partial charge in [0.25, 0.3) is 5.56 Å². The van der Waals surface area contributed by atoms with E-state index < -0.39 is 9.84 Å². The number of hydrogen-bond donors (Lipinski definition) is 1. The van der Waals surface area contributed by atoms with E-state index in [1.165, 1.54) is 0 Å². The van der Waals surface area contributed by atoms with Gasteiger partial charge in [-0.2, -0.15) is 5.10 Å². The largest absolute Gasteiger partial charge is 0.278 e. The standard InChI is InChI=1S/C9H11BrN2O3S/c10-8-5-6(11-12-9(8)13)4-7-2-1-3-16(7,14)15/h5,7H,1-4H2,(H,12,13). The van der Waals surface area contributed by atoms with E-state index in [1.54, 1.807) is 6.07 Å². The van der Waals surface area contributed by atoms with Crippen molar-refractivity contribution in [2.24, 2.45) is 0 Å². The third-order valence-corrected chi connectivity index (χ3v) is 5.58. The molecule has 0 aromatic carbocycles. The molecule has 1 atom stereocenters. The second kappa shape index (κ2) is 4.29. The van der Waals surface area contributed by atoms with E-state index in [2.05, 4.69) is 26.1 Å². The molecular formula is C9H11BrN2O3S. The van der Waals surface area contributed by atoms with Gasteiger partial charge in [-0.3, -0.25) is 4.79 Å². The summed E-state index contributed by atoms with van der Waals surface area (Å²) in [5.74, 6) is 0.266. The summed E-state index contributed by atoms with van der Waals surface area (Å²) in [7, 11) is -2.96. The third-order valence-electron chi connectivity index (χ3n) is 2.71. The lowest BCUT2D eigenvalue weighted by Crippen LogP contribution is -2.20. The van der Waals surface area contributed by atoms with Gasteiger partial charge in [-0.15, -0.1) is 0 Å². The molecule has 2 heterocycles. The fourth-order valence-electron chi connectivity index (χ4n) is 1.85. The highest BCUT2D eigenvalue weighted by atomic mass is 79.9. The Labute approximate surface area is 101 Å². The molecule has 0 spiro atoms. The summed E-state index contributed by atoms with van der Waals surface area (Å²) in [4.78, 5) is 11.1. The van der Waals surface area contributed by atoms with E-state index in [0.29, 0.717) is 23.0 Å². The smallest absolute Gasteiger partial charge is 0.267 e. The van der Waals surface area contributed by atoms with Gasteiger partial charge >= 0.3 is 0 Å². The Morgan fingerprint density at radius 1 is 1.56 bits per heavy atom. The molecule has 0 bridgehead atoms. The fraction of sp³-hybridized carbons (Fsp3) is 0.556. The highest BCUT2D eigenvalue weighted by molar-refractivity contribution is 9.10. The summed E-state index contributed by atoms with van der Waals surface area (Å²) in [6, 6.07) is 1.58. The molecule has 1 aliphatic heterocycles. The molecule has 5 nitrogen and oxygen atoms in total. The van der Waals surface area contributed by atoms with Crippen molar-refractivity contribution in [2.45, 2.75) is 24.5 Å². The van der Waals surface area contributed by atoms with Crippen LogP contribution in [0.1, 0.15) is 18.5 Å². The summed E-state index contributed by atoms with van der Waals surface area (Å²) < 4.78 is 23.6. The van der Waals surface area contributed by atoms with E-state index >= 15 is 0 Å². The number of aromatic amines is 1. The number of halogens is 1. The molecule has 1 unspecified atom stereocenters. The fourth-order valence-corrected chi connectivity index (χ4v) is 4.05. The zero-order chi connectivity index (χ0) is 11.8. The molecule has 7 heteroatoms. The normalized spacial score (nSPS) is 23.4. The molecule has 0 radical (unpaired) electrons. The lowest BCUT2D eigenvalue weighted by Gasteiger charge is -2.07. The SMILES string of the molecule is O=c1[nH]nc(CC2CCCS2(=O)=O)cc1Br. The maximum Gasteiger partial charge on any atom is 0.278 e. The predicted molar refractivity (Wildman–Crippen MR) is 63.1 cm³/mol. The highest BCUT2D eigenvalue weighted by Gasteiger charge is 2.31. The van der Waals surface area contributed by atoms with E-state index in [1.807, 2.05) is 0 Å². The topological polar surface area (TPSA) is 79.9 Å². The quantitative estimate of drug-likeness (QED) is 0.870. The van der Waals surface area contributed by atoms with Crippen LogP contribution >= 0.6 is 15.9 Å². The van der Waals surface area contributed by atoms with Crippen LogP contribution in [0.5, 0.6) is 0 Å². The molecule has 0 saturated carbocycles. The van der Waals surface area contributed by atoms with Gasteiger partial charge in [-0.25, -0.2) is 13.5 Å². The number of nitrogens with one attached hydrogen (secondary N) is 1. The molecule has 16 heavy (non-hydrogen) atoms. The zero-order valence-corrected chi connectivity index (χ0v) is 10.8. The summed E-state index contributed by atoms with van der Waals surface area (Å²) in [6.07, 6.45) is 1.77.